The van der Waals surface area contributed by atoms with Crippen LogP contribution in [0, 0.1) is 0 Å². The Kier molecular flexibility index (Phi) is 3.64. The Hall–Kier alpha value is -1.41. The van der Waals surface area contributed by atoms with E-state index in [1.165, 1.54) is 47.3 Å². The highest BCUT2D eigenvalue weighted by atomic mass is 32.2. The third kappa shape index (κ3) is 2.69. The number of hydrogen-bond acceptors (Lipinski definition) is 2. The van der Waals surface area contributed by atoms with Crippen LogP contribution in [0.5, 0.6) is 5.75 Å². The topological polar surface area (TPSA) is 9.23 Å². The van der Waals surface area contributed by atoms with Gasteiger partial charge in [-0.15, -0.1) is 11.8 Å². The summed E-state index contributed by atoms with van der Waals surface area (Å²) in [4.78, 5) is 1.43. The second kappa shape index (κ2) is 5.76. The minimum atomic E-state index is 0.530. The van der Waals surface area contributed by atoms with Gasteiger partial charge in [0.15, 0.2) is 0 Å². The predicted molar refractivity (Wildman–Crippen MR) is 88.5 cm³/mol. The lowest BCUT2D eigenvalue weighted by Gasteiger charge is -2.18. The van der Waals surface area contributed by atoms with Gasteiger partial charge in [0.1, 0.15) is 5.75 Å². The normalized spacial score (nSPS) is 19.9. The number of aryl methyl sites for hydroxylation is 2. The summed E-state index contributed by atoms with van der Waals surface area (Å²) in [6, 6.07) is 15.4. The first-order chi connectivity index (χ1) is 10.4. The summed E-state index contributed by atoms with van der Waals surface area (Å²) in [5.74, 6) is 2.72. The quantitative estimate of drug-likeness (QED) is 0.802. The van der Waals surface area contributed by atoms with Gasteiger partial charge in [0.05, 0.1) is 6.61 Å². The average molecular weight is 296 g/mol. The first-order valence-electron chi connectivity index (χ1n) is 7.86. The highest BCUT2D eigenvalue weighted by Crippen LogP contribution is 2.39. The molecule has 1 unspecified atom stereocenters. The van der Waals surface area contributed by atoms with Gasteiger partial charge in [-0.1, -0.05) is 24.3 Å². The fourth-order valence-corrected chi connectivity index (χ4v) is 4.60. The lowest BCUT2D eigenvalue weighted by atomic mass is 9.92. The standard InChI is InChI=1S/C19H20OS/c1-2-6-15-11-17(10-9-14(15)5-1)20-12-16-13-21-19-8-4-3-7-18(16)19/h3-4,7-11,16H,1-2,5-6,12-13H2. The highest BCUT2D eigenvalue weighted by molar-refractivity contribution is 7.99. The molecule has 1 atom stereocenters. The van der Waals surface area contributed by atoms with Gasteiger partial charge in [-0.3, -0.25) is 0 Å². The molecule has 0 spiro atoms. The number of thioether (sulfide) groups is 1. The molecule has 2 aromatic carbocycles. The average Bonchev–Trinajstić information content (AvgIpc) is 2.96. The Balaban J connectivity index is 1.46. The molecule has 2 heteroatoms. The zero-order chi connectivity index (χ0) is 14.1. The molecule has 0 saturated carbocycles. The number of rotatable bonds is 3. The minimum Gasteiger partial charge on any atom is -0.493 e. The van der Waals surface area contributed by atoms with Gasteiger partial charge >= 0.3 is 0 Å². The Morgan fingerprint density at radius 2 is 1.86 bits per heavy atom. The molecule has 0 fully saturated rings. The molecule has 0 aromatic heterocycles. The van der Waals surface area contributed by atoms with E-state index >= 15 is 0 Å². The van der Waals surface area contributed by atoms with Crippen LogP contribution in [0.3, 0.4) is 0 Å². The van der Waals surface area contributed by atoms with Gasteiger partial charge in [0.2, 0.25) is 0 Å². The maximum Gasteiger partial charge on any atom is 0.119 e. The molecule has 4 rings (SSSR count). The van der Waals surface area contributed by atoms with Crippen LogP contribution in [-0.2, 0) is 12.8 Å². The molecule has 2 aromatic rings. The summed E-state index contributed by atoms with van der Waals surface area (Å²) >= 11 is 1.95. The number of benzene rings is 2. The summed E-state index contributed by atoms with van der Waals surface area (Å²) in [5, 5.41) is 0. The van der Waals surface area contributed by atoms with Gasteiger partial charge < -0.3 is 4.74 Å². The molecule has 0 radical (unpaired) electrons. The van der Waals surface area contributed by atoms with Crippen molar-refractivity contribution in [3.05, 3.63) is 59.2 Å². The fourth-order valence-electron chi connectivity index (χ4n) is 3.36. The second-order valence-electron chi connectivity index (χ2n) is 5.99. The van der Waals surface area contributed by atoms with Gasteiger partial charge in [0, 0.05) is 16.6 Å². The first kappa shape index (κ1) is 13.3. The number of fused-ring (bicyclic) bond motifs is 2. The summed E-state index contributed by atoms with van der Waals surface area (Å²) in [7, 11) is 0. The number of hydrogen-bond donors (Lipinski definition) is 0. The molecule has 1 nitrogen and oxygen atoms in total. The highest BCUT2D eigenvalue weighted by Gasteiger charge is 2.23. The van der Waals surface area contributed by atoms with Crippen LogP contribution < -0.4 is 4.74 Å². The maximum atomic E-state index is 6.10. The Labute approximate surface area is 130 Å². The van der Waals surface area contributed by atoms with E-state index in [0.29, 0.717) is 5.92 Å². The SMILES string of the molecule is c1ccc2c(c1)SCC2COc1ccc2c(c1)CCCC2. The molecule has 1 heterocycles. The van der Waals surface area contributed by atoms with Gasteiger partial charge in [-0.2, -0.15) is 0 Å². The van der Waals surface area contributed by atoms with Crippen molar-refractivity contribution in [2.24, 2.45) is 0 Å². The van der Waals surface area contributed by atoms with Crippen molar-refractivity contribution in [3.63, 3.8) is 0 Å². The molecule has 21 heavy (non-hydrogen) atoms. The summed E-state index contributed by atoms with van der Waals surface area (Å²) in [6.07, 6.45) is 5.11. The van der Waals surface area contributed by atoms with E-state index in [1.54, 1.807) is 0 Å². The molecule has 0 saturated heterocycles. The third-order valence-electron chi connectivity index (χ3n) is 4.57. The van der Waals surface area contributed by atoms with E-state index < -0.39 is 0 Å². The van der Waals surface area contributed by atoms with Crippen LogP contribution in [0.25, 0.3) is 0 Å². The van der Waals surface area contributed by atoms with E-state index in [1.807, 2.05) is 11.8 Å². The van der Waals surface area contributed by atoms with E-state index in [-0.39, 0.29) is 0 Å². The van der Waals surface area contributed by atoms with Crippen molar-refractivity contribution in [2.75, 3.05) is 12.4 Å². The summed E-state index contributed by atoms with van der Waals surface area (Å²) in [6.45, 7) is 0.794. The van der Waals surface area contributed by atoms with Crippen molar-refractivity contribution in [1.29, 1.82) is 0 Å². The van der Waals surface area contributed by atoms with Crippen molar-refractivity contribution in [2.45, 2.75) is 36.5 Å². The Bertz CT molecular complexity index is 650. The zero-order valence-electron chi connectivity index (χ0n) is 12.2. The molecule has 2 aliphatic rings. The molecule has 0 N–H and O–H groups in total. The summed E-state index contributed by atoms with van der Waals surface area (Å²) < 4.78 is 6.10. The Morgan fingerprint density at radius 3 is 2.81 bits per heavy atom. The monoisotopic (exact) mass is 296 g/mol. The minimum absolute atomic E-state index is 0.530. The van der Waals surface area contributed by atoms with Crippen molar-refractivity contribution in [3.8, 4) is 5.75 Å². The lowest BCUT2D eigenvalue weighted by Crippen LogP contribution is -2.10. The maximum absolute atomic E-state index is 6.10. The fraction of sp³-hybridized carbons (Fsp3) is 0.368. The predicted octanol–water partition coefficient (Wildman–Crippen LogP) is 4.83. The van der Waals surface area contributed by atoms with E-state index in [4.69, 9.17) is 4.74 Å². The summed E-state index contributed by atoms with van der Waals surface area (Å²) in [5.41, 5.74) is 4.48. The van der Waals surface area contributed by atoms with Crippen molar-refractivity contribution in [1.82, 2.24) is 0 Å². The Morgan fingerprint density at radius 1 is 1.00 bits per heavy atom. The van der Waals surface area contributed by atoms with Gasteiger partial charge in [-0.25, -0.2) is 0 Å². The van der Waals surface area contributed by atoms with Gasteiger partial charge in [-0.05, 0) is 60.6 Å². The lowest BCUT2D eigenvalue weighted by molar-refractivity contribution is 0.297. The van der Waals surface area contributed by atoms with Crippen LogP contribution in [0.1, 0.15) is 35.4 Å². The molecule has 0 amide bonds. The first-order valence-corrected chi connectivity index (χ1v) is 8.85. The second-order valence-corrected chi connectivity index (χ2v) is 7.06. The largest absolute Gasteiger partial charge is 0.493 e. The van der Waals surface area contributed by atoms with Crippen LogP contribution in [0.15, 0.2) is 47.4 Å². The van der Waals surface area contributed by atoms with E-state index in [9.17, 15) is 0 Å². The van der Waals surface area contributed by atoms with E-state index in [2.05, 4.69) is 42.5 Å². The molecular weight excluding hydrogens is 276 g/mol. The van der Waals surface area contributed by atoms with Crippen LogP contribution in [-0.4, -0.2) is 12.4 Å². The van der Waals surface area contributed by atoms with Crippen LogP contribution >= 0.6 is 11.8 Å². The third-order valence-corrected chi connectivity index (χ3v) is 5.82. The van der Waals surface area contributed by atoms with Crippen molar-refractivity contribution >= 4 is 11.8 Å². The molecular formula is C19H20OS. The molecule has 1 aliphatic carbocycles. The zero-order valence-corrected chi connectivity index (χ0v) is 13.0. The molecule has 1 aliphatic heterocycles. The molecule has 108 valence electrons. The van der Waals surface area contributed by atoms with Crippen LogP contribution in [0.2, 0.25) is 0 Å². The molecule has 0 bridgehead atoms. The van der Waals surface area contributed by atoms with Crippen molar-refractivity contribution < 1.29 is 4.74 Å². The van der Waals surface area contributed by atoms with E-state index in [0.717, 1.165) is 18.1 Å². The van der Waals surface area contributed by atoms with Crippen LogP contribution in [0.4, 0.5) is 0 Å². The smallest absolute Gasteiger partial charge is 0.119 e. The van der Waals surface area contributed by atoms with Gasteiger partial charge in [0.25, 0.3) is 0 Å². The number of ether oxygens (including phenoxy) is 1.